The van der Waals surface area contributed by atoms with Gasteiger partial charge in [0.2, 0.25) is 0 Å². The summed E-state index contributed by atoms with van der Waals surface area (Å²) in [6.07, 6.45) is -4.61. The molecule has 0 spiro atoms. The third-order valence-electron chi connectivity index (χ3n) is 3.61. The molecule has 0 heterocycles. The summed E-state index contributed by atoms with van der Waals surface area (Å²) in [4.78, 5) is 23.0. The van der Waals surface area contributed by atoms with Gasteiger partial charge in [-0.1, -0.05) is 12.1 Å². The fourth-order valence-electron chi connectivity index (χ4n) is 2.25. The number of hydrogen-bond donors (Lipinski definition) is 2. The van der Waals surface area contributed by atoms with Crippen molar-refractivity contribution in [2.24, 2.45) is 0 Å². The third kappa shape index (κ3) is 6.72. The van der Waals surface area contributed by atoms with Gasteiger partial charge in [0.15, 0.2) is 6.61 Å². The van der Waals surface area contributed by atoms with Gasteiger partial charge in [-0.3, -0.25) is 9.52 Å². The third-order valence-corrected chi connectivity index (χ3v) is 5.13. The normalized spacial score (nSPS) is 11.6. The second-order valence-corrected chi connectivity index (χ2v) is 7.71. The lowest BCUT2D eigenvalue weighted by atomic mass is 10.2. The first-order valence-corrected chi connectivity index (χ1v) is 9.75. The van der Waals surface area contributed by atoms with Crippen molar-refractivity contribution in [1.29, 1.82) is 0 Å². The quantitative estimate of drug-likeness (QED) is 0.501. The molecule has 7 nitrogen and oxygen atoms in total. The lowest BCUT2D eigenvalue weighted by Gasteiger charge is -2.12. The summed E-state index contributed by atoms with van der Waals surface area (Å²) in [5, 5.41) is 1.54. The van der Waals surface area contributed by atoms with Gasteiger partial charge in [-0.15, -0.1) is 0 Å². The van der Waals surface area contributed by atoms with Crippen molar-refractivity contribution in [2.45, 2.75) is 18.0 Å². The number of esters is 1. The van der Waals surface area contributed by atoms with E-state index >= 15 is 0 Å². The van der Waals surface area contributed by atoms with Crippen molar-refractivity contribution in [1.82, 2.24) is 5.32 Å². The maximum absolute atomic E-state index is 13.4. The molecule has 0 bridgehead atoms. The molecular weight excluding hydrogens is 432 g/mol. The number of benzene rings is 2. The van der Waals surface area contributed by atoms with E-state index in [4.69, 9.17) is 0 Å². The van der Waals surface area contributed by atoms with Crippen molar-refractivity contribution in [3.63, 3.8) is 0 Å². The van der Waals surface area contributed by atoms with Gasteiger partial charge in [0, 0.05) is 5.69 Å². The van der Waals surface area contributed by atoms with Gasteiger partial charge in [0.25, 0.3) is 15.9 Å². The maximum atomic E-state index is 13.4. The number of nitrogens with one attached hydrogen (secondary N) is 2. The Morgan fingerprint density at radius 3 is 2.47 bits per heavy atom. The van der Waals surface area contributed by atoms with Gasteiger partial charge in [0.05, 0.1) is 10.5 Å². The van der Waals surface area contributed by atoms with Crippen LogP contribution in [0.15, 0.2) is 47.4 Å². The first-order chi connectivity index (χ1) is 13.9. The van der Waals surface area contributed by atoms with Gasteiger partial charge in [0.1, 0.15) is 12.4 Å². The molecule has 2 N–H and O–H groups in total. The van der Waals surface area contributed by atoms with Crippen LogP contribution in [0.3, 0.4) is 0 Å². The van der Waals surface area contributed by atoms with E-state index in [9.17, 15) is 35.6 Å². The minimum Gasteiger partial charge on any atom is -0.452 e. The summed E-state index contributed by atoms with van der Waals surface area (Å²) in [6.45, 7) is -1.04. The van der Waals surface area contributed by atoms with Gasteiger partial charge >= 0.3 is 12.1 Å². The number of halogens is 4. The lowest BCUT2D eigenvalue weighted by molar-refractivity contribution is -0.140. The minimum absolute atomic E-state index is 0.0466. The Hall–Kier alpha value is -3.15. The van der Waals surface area contributed by atoms with Crippen LogP contribution in [0, 0.1) is 12.7 Å². The molecule has 0 saturated heterocycles. The van der Waals surface area contributed by atoms with E-state index in [-0.39, 0.29) is 16.1 Å². The van der Waals surface area contributed by atoms with E-state index in [1.807, 2.05) is 0 Å². The van der Waals surface area contributed by atoms with Crippen LogP contribution in [0.4, 0.5) is 23.2 Å². The second kappa shape index (κ2) is 9.11. The number of hydrogen-bond acceptors (Lipinski definition) is 5. The highest BCUT2D eigenvalue weighted by atomic mass is 32.2. The SMILES string of the molecule is Cc1ccc(F)cc1S(=O)(=O)Nc1cccc(C(=O)OCC(=O)NCC(F)(F)F)c1. The van der Waals surface area contributed by atoms with E-state index in [1.54, 1.807) is 0 Å². The molecule has 0 unspecified atom stereocenters. The number of aryl methyl sites for hydroxylation is 1. The van der Waals surface area contributed by atoms with E-state index in [0.717, 1.165) is 18.2 Å². The zero-order valence-corrected chi connectivity index (χ0v) is 16.2. The summed E-state index contributed by atoms with van der Waals surface area (Å²) in [5.74, 6) is -2.96. The highest BCUT2D eigenvalue weighted by molar-refractivity contribution is 7.92. The molecule has 0 aliphatic rings. The van der Waals surface area contributed by atoms with E-state index in [1.165, 1.54) is 36.5 Å². The average molecular weight is 448 g/mol. The number of rotatable bonds is 7. The van der Waals surface area contributed by atoms with Crippen LogP contribution in [0.2, 0.25) is 0 Å². The van der Waals surface area contributed by atoms with Crippen LogP contribution in [0.25, 0.3) is 0 Å². The van der Waals surface area contributed by atoms with Crippen molar-refractivity contribution in [3.05, 3.63) is 59.4 Å². The predicted molar refractivity (Wildman–Crippen MR) is 97.7 cm³/mol. The summed E-state index contributed by atoms with van der Waals surface area (Å²) < 4.78 is 81.3. The molecular formula is C18H16F4N2O5S. The van der Waals surface area contributed by atoms with E-state index in [0.29, 0.717) is 5.56 Å². The standard InChI is InChI=1S/C18H16F4N2O5S/c1-11-5-6-13(19)8-15(11)30(27,28)24-14-4-2-3-12(7-14)17(26)29-9-16(25)23-10-18(20,21)22/h2-8,24H,9-10H2,1H3,(H,23,25). The lowest BCUT2D eigenvalue weighted by Crippen LogP contribution is -2.36. The Labute approximate surface area is 169 Å². The number of anilines is 1. The van der Waals surface area contributed by atoms with Crippen molar-refractivity contribution in [2.75, 3.05) is 17.9 Å². The summed E-state index contributed by atoms with van der Waals surface area (Å²) in [5.41, 5.74) is 0.0914. The molecule has 0 fully saturated rings. The largest absolute Gasteiger partial charge is 0.452 e. The molecule has 0 saturated carbocycles. The van der Waals surface area contributed by atoms with Crippen molar-refractivity contribution < 1.29 is 40.3 Å². The minimum atomic E-state index is -4.61. The smallest absolute Gasteiger partial charge is 0.405 e. The van der Waals surface area contributed by atoms with Gasteiger partial charge < -0.3 is 10.1 Å². The van der Waals surface area contributed by atoms with Crippen LogP contribution in [-0.4, -0.2) is 39.6 Å². The number of amides is 1. The molecule has 162 valence electrons. The molecule has 2 aromatic carbocycles. The van der Waals surface area contributed by atoms with Crippen molar-refractivity contribution in [3.8, 4) is 0 Å². The Balaban J connectivity index is 2.06. The van der Waals surface area contributed by atoms with Crippen LogP contribution in [-0.2, 0) is 19.6 Å². The topological polar surface area (TPSA) is 102 Å². The summed E-state index contributed by atoms with van der Waals surface area (Å²) in [6, 6.07) is 8.23. The molecule has 0 aliphatic carbocycles. The zero-order valence-electron chi connectivity index (χ0n) is 15.4. The summed E-state index contributed by atoms with van der Waals surface area (Å²) >= 11 is 0. The molecule has 0 radical (unpaired) electrons. The van der Waals surface area contributed by atoms with E-state index in [2.05, 4.69) is 9.46 Å². The Kier molecular flexibility index (Phi) is 7.03. The number of sulfonamides is 1. The molecule has 0 atom stereocenters. The van der Waals surface area contributed by atoms with Gasteiger partial charge in [-0.2, -0.15) is 13.2 Å². The zero-order chi connectivity index (χ0) is 22.5. The first-order valence-electron chi connectivity index (χ1n) is 8.27. The van der Waals surface area contributed by atoms with Crippen LogP contribution < -0.4 is 10.0 Å². The molecule has 0 aliphatic heterocycles. The fourth-order valence-corrected chi connectivity index (χ4v) is 3.55. The Bertz CT molecular complexity index is 1050. The molecule has 12 heteroatoms. The maximum Gasteiger partial charge on any atom is 0.405 e. The van der Waals surface area contributed by atoms with Gasteiger partial charge in [-0.05, 0) is 42.8 Å². The highest BCUT2D eigenvalue weighted by Crippen LogP contribution is 2.21. The number of alkyl halides is 3. The van der Waals surface area contributed by atoms with Crippen LogP contribution >= 0.6 is 0 Å². The monoisotopic (exact) mass is 448 g/mol. The van der Waals surface area contributed by atoms with E-state index < -0.39 is 47.0 Å². The number of carbonyl (C=O) groups is 2. The van der Waals surface area contributed by atoms with Crippen LogP contribution in [0.1, 0.15) is 15.9 Å². The Morgan fingerprint density at radius 2 is 1.80 bits per heavy atom. The fraction of sp³-hybridized carbons (Fsp3) is 0.222. The molecule has 1 amide bonds. The molecule has 0 aromatic heterocycles. The first kappa shape index (κ1) is 23.1. The number of ether oxygens (including phenoxy) is 1. The molecule has 2 rings (SSSR count). The molecule has 30 heavy (non-hydrogen) atoms. The second-order valence-electron chi connectivity index (χ2n) is 6.06. The van der Waals surface area contributed by atoms with Gasteiger partial charge in [-0.25, -0.2) is 17.6 Å². The highest BCUT2D eigenvalue weighted by Gasteiger charge is 2.28. The number of carbonyl (C=O) groups excluding carboxylic acids is 2. The van der Waals surface area contributed by atoms with Crippen molar-refractivity contribution >= 4 is 27.6 Å². The van der Waals surface area contributed by atoms with Crippen LogP contribution in [0.5, 0.6) is 0 Å². The average Bonchev–Trinajstić information content (AvgIpc) is 2.65. The predicted octanol–water partition coefficient (Wildman–Crippen LogP) is 2.77. The summed E-state index contributed by atoms with van der Waals surface area (Å²) in [7, 11) is -4.17. The Morgan fingerprint density at radius 1 is 1.10 bits per heavy atom. The molecule has 2 aromatic rings.